The number of esters is 1. The van der Waals surface area contributed by atoms with Crippen LogP contribution >= 0.6 is 0 Å². The topological polar surface area (TPSA) is 103 Å². The van der Waals surface area contributed by atoms with Crippen molar-refractivity contribution >= 4 is 28.5 Å². The maximum absolute atomic E-state index is 11.7. The first-order chi connectivity index (χ1) is 16.9. The molecule has 0 amide bonds. The molecule has 5 rings (SSSR count). The van der Waals surface area contributed by atoms with Gasteiger partial charge in [-0.1, -0.05) is 6.92 Å². The summed E-state index contributed by atoms with van der Waals surface area (Å²) in [6.07, 6.45) is 6.47. The van der Waals surface area contributed by atoms with Gasteiger partial charge in [-0.3, -0.25) is 14.4 Å². The second kappa shape index (κ2) is 9.46. The van der Waals surface area contributed by atoms with Crippen molar-refractivity contribution in [3.63, 3.8) is 0 Å². The summed E-state index contributed by atoms with van der Waals surface area (Å²) >= 11 is 0. The molecule has 3 aromatic heterocycles. The molecule has 182 valence electrons. The van der Waals surface area contributed by atoms with Crippen LogP contribution in [0.4, 0.5) is 11.6 Å². The van der Waals surface area contributed by atoms with Crippen molar-refractivity contribution in [3.05, 3.63) is 54.1 Å². The minimum atomic E-state index is -0.128. The van der Waals surface area contributed by atoms with Gasteiger partial charge in [-0.2, -0.15) is 15.2 Å². The van der Waals surface area contributed by atoms with Crippen LogP contribution in [-0.4, -0.2) is 60.6 Å². The van der Waals surface area contributed by atoms with Crippen LogP contribution in [0.1, 0.15) is 24.6 Å². The number of carbonyl (C=O) groups excluding carboxylic acids is 1. The quantitative estimate of drug-likeness (QED) is 0.388. The van der Waals surface area contributed by atoms with E-state index < -0.39 is 0 Å². The highest BCUT2D eigenvalue weighted by Crippen LogP contribution is 2.26. The summed E-state index contributed by atoms with van der Waals surface area (Å²) < 4.78 is 8.49. The second-order valence-electron chi connectivity index (χ2n) is 9.31. The molecule has 0 aliphatic carbocycles. The average Bonchev–Trinajstić information content (AvgIpc) is 3.39. The standard InChI is InChI=1S/C25H30N8O2/c1-16(24(34)35-4)9-18-12-32(13-18)14-20-15-33(30-17(20)2)23-7-8-26-25(29-23)28-21-5-6-22-19(10-21)11-27-31(22)3/h5-8,10-11,15-16,18H,9,12-14H2,1-4H3,(H,26,28,29). The minimum absolute atomic E-state index is 0.0523. The second-order valence-corrected chi connectivity index (χ2v) is 9.31. The zero-order valence-corrected chi connectivity index (χ0v) is 20.5. The van der Waals surface area contributed by atoms with E-state index >= 15 is 0 Å². The van der Waals surface area contributed by atoms with Crippen LogP contribution in [-0.2, 0) is 23.1 Å². The third kappa shape index (κ3) is 4.88. The van der Waals surface area contributed by atoms with E-state index in [1.165, 1.54) is 12.7 Å². The Bertz CT molecular complexity index is 1350. The lowest BCUT2D eigenvalue weighted by Gasteiger charge is -2.40. The number of rotatable bonds is 8. The predicted octanol–water partition coefficient (Wildman–Crippen LogP) is 3.23. The van der Waals surface area contributed by atoms with E-state index in [4.69, 9.17) is 4.74 Å². The van der Waals surface area contributed by atoms with Crippen molar-refractivity contribution in [2.75, 3.05) is 25.5 Å². The van der Waals surface area contributed by atoms with Crippen molar-refractivity contribution in [1.29, 1.82) is 0 Å². The number of nitrogens with zero attached hydrogens (tertiary/aromatic N) is 7. The van der Waals surface area contributed by atoms with E-state index in [0.717, 1.165) is 48.3 Å². The number of methoxy groups -OCH3 is 1. The molecule has 0 saturated carbocycles. The van der Waals surface area contributed by atoms with E-state index in [-0.39, 0.29) is 11.9 Å². The molecule has 1 atom stereocenters. The molecule has 0 bridgehead atoms. The van der Waals surface area contributed by atoms with Crippen LogP contribution in [0.25, 0.3) is 16.7 Å². The molecule has 1 aliphatic rings. The Labute approximate surface area is 203 Å². The van der Waals surface area contributed by atoms with Gasteiger partial charge in [0.05, 0.1) is 30.4 Å². The molecule has 0 spiro atoms. The van der Waals surface area contributed by atoms with E-state index in [0.29, 0.717) is 17.7 Å². The number of hydrogen-bond acceptors (Lipinski definition) is 8. The number of benzene rings is 1. The Hall–Kier alpha value is -3.79. The number of hydrogen-bond donors (Lipinski definition) is 1. The van der Waals surface area contributed by atoms with Gasteiger partial charge in [0.15, 0.2) is 5.82 Å². The first-order valence-electron chi connectivity index (χ1n) is 11.8. The summed E-state index contributed by atoms with van der Waals surface area (Å²) in [5.41, 5.74) is 4.11. The fourth-order valence-corrected chi connectivity index (χ4v) is 4.67. The maximum atomic E-state index is 11.7. The highest BCUT2D eigenvalue weighted by Gasteiger charge is 2.30. The van der Waals surface area contributed by atoms with Crippen molar-refractivity contribution in [3.8, 4) is 5.82 Å². The Morgan fingerprint density at radius 1 is 1.29 bits per heavy atom. The zero-order valence-electron chi connectivity index (χ0n) is 20.5. The van der Waals surface area contributed by atoms with Gasteiger partial charge in [0, 0.05) is 61.8 Å². The molecular weight excluding hydrogens is 444 g/mol. The van der Waals surface area contributed by atoms with Crippen LogP contribution in [0.5, 0.6) is 0 Å². The monoisotopic (exact) mass is 474 g/mol. The number of nitrogens with one attached hydrogen (secondary N) is 1. The van der Waals surface area contributed by atoms with Gasteiger partial charge in [0.2, 0.25) is 5.95 Å². The number of aryl methyl sites for hydroxylation is 2. The summed E-state index contributed by atoms with van der Waals surface area (Å²) in [6.45, 7) is 6.75. The Morgan fingerprint density at radius 2 is 2.11 bits per heavy atom. The number of anilines is 2. The molecule has 1 aromatic carbocycles. The molecule has 4 heterocycles. The van der Waals surface area contributed by atoms with Crippen molar-refractivity contribution < 1.29 is 9.53 Å². The lowest BCUT2D eigenvalue weighted by atomic mass is 9.89. The number of likely N-dealkylation sites (tertiary alicyclic amines) is 1. The molecule has 35 heavy (non-hydrogen) atoms. The SMILES string of the molecule is COC(=O)C(C)CC1CN(Cc2cn(-c3ccnc(Nc4ccc5c(cnn5C)c4)n3)nc2C)C1. The largest absolute Gasteiger partial charge is 0.469 e. The number of aromatic nitrogens is 6. The highest BCUT2D eigenvalue weighted by molar-refractivity contribution is 5.83. The first kappa shape index (κ1) is 23.0. The summed E-state index contributed by atoms with van der Waals surface area (Å²) in [4.78, 5) is 23.1. The number of fused-ring (bicyclic) bond motifs is 1. The van der Waals surface area contributed by atoms with E-state index in [2.05, 4.69) is 30.4 Å². The molecule has 4 aromatic rings. The predicted molar refractivity (Wildman–Crippen MR) is 132 cm³/mol. The van der Waals surface area contributed by atoms with Gasteiger partial charge in [0.1, 0.15) is 0 Å². The maximum Gasteiger partial charge on any atom is 0.308 e. The molecule has 1 fully saturated rings. The molecule has 10 nitrogen and oxygen atoms in total. The van der Waals surface area contributed by atoms with Crippen LogP contribution in [0.3, 0.4) is 0 Å². The van der Waals surface area contributed by atoms with Gasteiger partial charge in [0.25, 0.3) is 0 Å². The van der Waals surface area contributed by atoms with Gasteiger partial charge in [-0.05, 0) is 37.5 Å². The van der Waals surface area contributed by atoms with E-state index in [1.54, 1.807) is 10.9 Å². The molecule has 10 heteroatoms. The number of carbonyl (C=O) groups is 1. The molecular formula is C25H30N8O2. The molecule has 1 unspecified atom stereocenters. The van der Waals surface area contributed by atoms with Crippen LogP contribution in [0.15, 0.2) is 42.9 Å². The molecule has 1 saturated heterocycles. The van der Waals surface area contributed by atoms with Crippen molar-refractivity contribution in [2.45, 2.75) is 26.8 Å². The van der Waals surface area contributed by atoms with Crippen LogP contribution in [0.2, 0.25) is 0 Å². The Kier molecular flexibility index (Phi) is 6.21. The Morgan fingerprint density at radius 3 is 2.91 bits per heavy atom. The minimum Gasteiger partial charge on any atom is -0.469 e. The van der Waals surface area contributed by atoms with Gasteiger partial charge < -0.3 is 10.1 Å². The summed E-state index contributed by atoms with van der Waals surface area (Å²) in [6, 6.07) is 7.89. The Balaban J connectivity index is 1.23. The van der Waals surface area contributed by atoms with E-state index in [9.17, 15) is 4.79 Å². The third-order valence-electron chi connectivity index (χ3n) is 6.60. The first-order valence-corrected chi connectivity index (χ1v) is 11.8. The lowest BCUT2D eigenvalue weighted by molar-refractivity contribution is -0.145. The zero-order chi connectivity index (χ0) is 24.5. The average molecular weight is 475 g/mol. The summed E-state index contributed by atoms with van der Waals surface area (Å²) in [5, 5.41) is 13.3. The summed E-state index contributed by atoms with van der Waals surface area (Å²) in [5.74, 6) is 1.56. The fourth-order valence-electron chi connectivity index (χ4n) is 4.67. The highest BCUT2D eigenvalue weighted by atomic mass is 16.5. The van der Waals surface area contributed by atoms with E-state index in [1.807, 2.05) is 62.2 Å². The van der Waals surface area contributed by atoms with Crippen LogP contribution in [0, 0.1) is 18.8 Å². The normalized spacial score (nSPS) is 15.2. The van der Waals surface area contributed by atoms with Crippen molar-refractivity contribution in [1.82, 2.24) is 34.4 Å². The third-order valence-corrected chi connectivity index (χ3v) is 6.60. The van der Waals surface area contributed by atoms with Crippen LogP contribution < -0.4 is 5.32 Å². The van der Waals surface area contributed by atoms with Gasteiger partial charge in [-0.15, -0.1) is 0 Å². The lowest BCUT2D eigenvalue weighted by Crippen LogP contribution is -2.46. The van der Waals surface area contributed by atoms with Gasteiger partial charge >= 0.3 is 5.97 Å². The van der Waals surface area contributed by atoms with Gasteiger partial charge in [-0.25, -0.2) is 9.67 Å². The number of ether oxygens (including phenoxy) is 1. The van der Waals surface area contributed by atoms with Crippen molar-refractivity contribution in [2.24, 2.45) is 18.9 Å². The summed E-state index contributed by atoms with van der Waals surface area (Å²) in [7, 11) is 3.37. The molecule has 1 N–H and O–H groups in total. The fraction of sp³-hybridized carbons (Fsp3) is 0.400. The molecule has 1 aliphatic heterocycles. The molecule has 0 radical (unpaired) electrons. The smallest absolute Gasteiger partial charge is 0.308 e.